The Labute approximate surface area is 150 Å². The van der Waals surface area contributed by atoms with E-state index in [0.29, 0.717) is 19.1 Å². The molecule has 0 aliphatic carbocycles. The molecule has 0 spiro atoms. The van der Waals surface area contributed by atoms with E-state index in [2.05, 4.69) is 13.1 Å². The fourth-order valence-corrected chi connectivity index (χ4v) is 5.31. The Morgan fingerprint density at radius 1 is 0.808 bits per heavy atom. The van der Waals surface area contributed by atoms with Gasteiger partial charge < -0.3 is 4.74 Å². The molecule has 0 heterocycles. The standard InChI is InChI=1S/C19H21F5OSi/c1-4-25-12-7-9-13(10-8-12)26(2,3)11-5-6-14-15(20)17(22)19(24)18(23)16(14)21/h7-10H,4-6,11H2,1-3H3. The predicted molar refractivity (Wildman–Crippen MR) is 94.1 cm³/mol. The molecule has 0 N–H and O–H groups in total. The van der Waals surface area contributed by atoms with Crippen molar-refractivity contribution in [3.05, 3.63) is 58.9 Å². The van der Waals surface area contributed by atoms with Crippen LogP contribution in [0.1, 0.15) is 18.9 Å². The van der Waals surface area contributed by atoms with E-state index in [-0.39, 0.29) is 6.42 Å². The van der Waals surface area contributed by atoms with Gasteiger partial charge in [-0.1, -0.05) is 42.9 Å². The lowest BCUT2D eigenvalue weighted by Crippen LogP contribution is -2.41. The average molecular weight is 388 g/mol. The highest BCUT2D eigenvalue weighted by Crippen LogP contribution is 2.25. The minimum Gasteiger partial charge on any atom is -0.494 e. The van der Waals surface area contributed by atoms with Crippen molar-refractivity contribution in [1.29, 1.82) is 0 Å². The third kappa shape index (κ3) is 4.26. The molecule has 2 rings (SSSR count). The van der Waals surface area contributed by atoms with Gasteiger partial charge in [0.25, 0.3) is 0 Å². The van der Waals surface area contributed by atoms with Gasteiger partial charge in [0.05, 0.1) is 14.7 Å². The molecule has 142 valence electrons. The molecule has 2 aromatic rings. The molecule has 0 radical (unpaired) electrons. The first kappa shape index (κ1) is 20.4. The first-order valence-electron chi connectivity index (χ1n) is 8.42. The van der Waals surface area contributed by atoms with E-state index >= 15 is 0 Å². The van der Waals surface area contributed by atoms with Crippen LogP contribution in [0.5, 0.6) is 5.75 Å². The van der Waals surface area contributed by atoms with Crippen LogP contribution in [-0.4, -0.2) is 14.7 Å². The summed E-state index contributed by atoms with van der Waals surface area (Å²) in [6.07, 6.45) is 0.143. The lowest BCUT2D eigenvalue weighted by atomic mass is 10.1. The molecule has 0 saturated carbocycles. The van der Waals surface area contributed by atoms with Gasteiger partial charge >= 0.3 is 0 Å². The maximum Gasteiger partial charge on any atom is 0.200 e. The average Bonchev–Trinajstić information content (AvgIpc) is 2.62. The Morgan fingerprint density at radius 3 is 1.81 bits per heavy atom. The van der Waals surface area contributed by atoms with E-state index in [9.17, 15) is 22.0 Å². The smallest absolute Gasteiger partial charge is 0.200 e. The fourth-order valence-electron chi connectivity index (χ4n) is 2.89. The topological polar surface area (TPSA) is 9.23 Å². The summed E-state index contributed by atoms with van der Waals surface area (Å²) < 4.78 is 72.5. The molecule has 0 fully saturated rings. The zero-order chi connectivity index (χ0) is 19.5. The molecule has 0 atom stereocenters. The van der Waals surface area contributed by atoms with Crippen LogP contribution in [0.2, 0.25) is 19.1 Å². The molecule has 0 unspecified atom stereocenters. The third-order valence-corrected chi connectivity index (χ3v) is 7.98. The number of hydrogen-bond donors (Lipinski definition) is 0. The van der Waals surface area contributed by atoms with Crippen molar-refractivity contribution in [3.8, 4) is 5.75 Å². The van der Waals surface area contributed by atoms with E-state index in [1.807, 2.05) is 31.2 Å². The van der Waals surface area contributed by atoms with E-state index in [1.54, 1.807) is 0 Å². The van der Waals surface area contributed by atoms with Gasteiger partial charge in [0.1, 0.15) is 5.75 Å². The lowest BCUT2D eigenvalue weighted by Gasteiger charge is -2.23. The Kier molecular flexibility index (Phi) is 6.44. The Hall–Kier alpha value is -1.89. The number of hydrogen-bond acceptors (Lipinski definition) is 1. The highest BCUT2D eigenvalue weighted by Gasteiger charge is 2.27. The molecule has 2 aromatic carbocycles. The van der Waals surface area contributed by atoms with Gasteiger partial charge in [-0.3, -0.25) is 0 Å². The summed E-state index contributed by atoms with van der Waals surface area (Å²) in [5.74, 6) is -8.59. The molecule has 1 nitrogen and oxygen atoms in total. The number of ether oxygens (including phenoxy) is 1. The lowest BCUT2D eigenvalue weighted by molar-refractivity contribution is 0.340. The summed E-state index contributed by atoms with van der Waals surface area (Å²) in [7, 11) is -1.91. The van der Waals surface area contributed by atoms with E-state index in [0.717, 1.165) is 10.9 Å². The molecule has 0 aliphatic heterocycles. The molecule has 26 heavy (non-hydrogen) atoms. The molecule has 0 aromatic heterocycles. The van der Waals surface area contributed by atoms with Crippen LogP contribution in [0.4, 0.5) is 22.0 Å². The van der Waals surface area contributed by atoms with Crippen LogP contribution in [0.25, 0.3) is 0 Å². The Bertz CT molecular complexity index is 745. The van der Waals surface area contributed by atoms with Gasteiger partial charge in [0.15, 0.2) is 23.3 Å². The first-order chi connectivity index (χ1) is 12.2. The molecule has 0 saturated heterocycles. The second-order valence-corrected chi connectivity index (χ2v) is 11.6. The normalized spacial score (nSPS) is 11.7. The second-order valence-electron chi connectivity index (χ2n) is 6.74. The molecular weight excluding hydrogens is 367 g/mol. The zero-order valence-electron chi connectivity index (χ0n) is 14.9. The Morgan fingerprint density at radius 2 is 1.31 bits per heavy atom. The summed E-state index contributed by atoms with van der Waals surface area (Å²) in [5.41, 5.74) is -0.738. The molecule has 7 heteroatoms. The predicted octanol–water partition coefficient (Wildman–Crippen LogP) is 5.33. The molecule has 0 amide bonds. The molecule has 0 aliphatic rings. The van der Waals surface area contributed by atoms with Crippen molar-refractivity contribution in [1.82, 2.24) is 0 Å². The minimum absolute atomic E-state index is 0.195. The van der Waals surface area contributed by atoms with Gasteiger partial charge in [0, 0.05) is 5.56 Å². The monoisotopic (exact) mass is 388 g/mol. The first-order valence-corrected chi connectivity index (χ1v) is 11.6. The third-order valence-electron chi connectivity index (χ3n) is 4.48. The maximum atomic E-state index is 13.7. The van der Waals surface area contributed by atoms with Crippen LogP contribution in [0, 0.1) is 29.1 Å². The highest BCUT2D eigenvalue weighted by molar-refractivity contribution is 6.89. The van der Waals surface area contributed by atoms with Gasteiger partial charge in [0.2, 0.25) is 5.82 Å². The van der Waals surface area contributed by atoms with Crippen LogP contribution in [0.3, 0.4) is 0 Å². The summed E-state index contributed by atoms with van der Waals surface area (Å²) in [6, 6.07) is 8.33. The zero-order valence-corrected chi connectivity index (χ0v) is 15.9. The SMILES string of the molecule is CCOc1ccc([Si](C)(C)CCCc2c(F)c(F)c(F)c(F)c2F)cc1. The Balaban J connectivity index is 2.09. The molecule has 0 bridgehead atoms. The summed E-state index contributed by atoms with van der Waals surface area (Å²) in [5, 5.41) is 1.14. The molecular formula is C19H21F5OSi. The summed E-state index contributed by atoms with van der Waals surface area (Å²) in [6.45, 7) is 6.66. The van der Waals surface area contributed by atoms with Crippen molar-refractivity contribution in [2.75, 3.05) is 6.61 Å². The summed E-state index contributed by atoms with van der Waals surface area (Å²) in [4.78, 5) is 0. The maximum absolute atomic E-state index is 13.7. The number of benzene rings is 2. The van der Waals surface area contributed by atoms with Crippen molar-refractivity contribution >= 4 is 13.3 Å². The van der Waals surface area contributed by atoms with Gasteiger partial charge in [-0.2, -0.15) is 0 Å². The van der Waals surface area contributed by atoms with Gasteiger partial charge in [-0.05, 0) is 25.5 Å². The van der Waals surface area contributed by atoms with Crippen LogP contribution in [0.15, 0.2) is 24.3 Å². The number of halogens is 5. The van der Waals surface area contributed by atoms with Crippen molar-refractivity contribution in [2.45, 2.75) is 38.9 Å². The van der Waals surface area contributed by atoms with Gasteiger partial charge in [-0.15, -0.1) is 0 Å². The quantitative estimate of drug-likeness (QED) is 0.270. The van der Waals surface area contributed by atoms with E-state index in [4.69, 9.17) is 4.74 Å². The summed E-state index contributed by atoms with van der Waals surface area (Å²) >= 11 is 0. The van der Waals surface area contributed by atoms with Crippen LogP contribution in [-0.2, 0) is 6.42 Å². The van der Waals surface area contributed by atoms with E-state index < -0.39 is 42.7 Å². The minimum atomic E-state index is -2.12. The van der Waals surface area contributed by atoms with E-state index in [1.165, 1.54) is 0 Å². The van der Waals surface area contributed by atoms with Crippen molar-refractivity contribution in [2.24, 2.45) is 0 Å². The van der Waals surface area contributed by atoms with Crippen molar-refractivity contribution < 1.29 is 26.7 Å². The number of rotatable bonds is 7. The second kappa shape index (κ2) is 8.20. The van der Waals surface area contributed by atoms with Crippen molar-refractivity contribution in [3.63, 3.8) is 0 Å². The fraction of sp³-hybridized carbons (Fsp3) is 0.368. The highest BCUT2D eigenvalue weighted by atomic mass is 28.3. The van der Waals surface area contributed by atoms with Crippen LogP contribution < -0.4 is 9.92 Å². The van der Waals surface area contributed by atoms with Crippen LogP contribution >= 0.6 is 0 Å². The largest absolute Gasteiger partial charge is 0.494 e. The van der Waals surface area contributed by atoms with Gasteiger partial charge in [-0.25, -0.2) is 22.0 Å².